The molecular formula is C26H16ClF5N8O. The Balaban J connectivity index is 1.31. The molecule has 0 amide bonds. The number of rotatable bonds is 4. The van der Waals surface area contributed by atoms with Crippen LogP contribution in [0.15, 0.2) is 53.5 Å². The van der Waals surface area contributed by atoms with Gasteiger partial charge in [0.1, 0.15) is 17.3 Å². The molecule has 3 atom stereocenters. The summed E-state index contributed by atoms with van der Waals surface area (Å²) in [6, 6.07) is 9.55. The van der Waals surface area contributed by atoms with Gasteiger partial charge in [-0.2, -0.15) is 22.0 Å². The van der Waals surface area contributed by atoms with E-state index in [0.717, 1.165) is 10.9 Å². The standard InChI is InChI=1S/C26H16ClF5N8O/c27-11-1-3-16(39-9-18(37-38-39)26(30,31)32)13(7-11)10-5-17-14-8-15(14)22(40(17)20(41)6-10)25-35-21(24(29)36-25)12-2-4-19(33)34-23(12)28/h1-7,9,14-15,22H,8H2,(H2,33,34)(H,35,36)/t14-,15+,22+/m1/s1. The number of hydrogen-bond donors (Lipinski definition) is 2. The second-order valence-corrected chi connectivity index (χ2v) is 10.3. The van der Waals surface area contributed by atoms with Crippen LogP contribution in [0.3, 0.4) is 0 Å². The summed E-state index contributed by atoms with van der Waals surface area (Å²) in [5.74, 6) is -1.87. The lowest BCUT2D eigenvalue weighted by molar-refractivity contribution is -0.141. The molecule has 1 aliphatic carbocycles. The minimum atomic E-state index is -4.69. The molecule has 0 bridgehead atoms. The van der Waals surface area contributed by atoms with Crippen molar-refractivity contribution in [3.63, 3.8) is 0 Å². The highest BCUT2D eigenvalue weighted by Crippen LogP contribution is 2.60. The van der Waals surface area contributed by atoms with E-state index >= 15 is 0 Å². The summed E-state index contributed by atoms with van der Waals surface area (Å²) in [6.07, 6.45) is -3.24. The largest absolute Gasteiger partial charge is 0.436 e. The molecule has 5 heterocycles. The number of halogens is 6. The van der Waals surface area contributed by atoms with E-state index in [1.807, 2.05) is 0 Å². The number of pyridine rings is 2. The van der Waals surface area contributed by atoms with Crippen LogP contribution in [0.1, 0.15) is 35.6 Å². The van der Waals surface area contributed by atoms with Crippen LogP contribution in [-0.2, 0) is 6.18 Å². The van der Waals surface area contributed by atoms with Gasteiger partial charge in [0.25, 0.3) is 5.56 Å². The number of aromatic nitrogens is 7. The maximum Gasteiger partial charge on any atom is 0.436 e. The highest BCUT2D eigenvalue weighted by atomic mass is 35.5. The number of alkyl halides is 3. The summed E-state index contributed by atoms with van der Waals surface area (Å²) < 4.78 is 71.3. The maximum absolute atomic E-state index is 14.9. The summed E-state index contributed by atoms with van der Waals surface area (Å²) in [4.78, 5) is 23.9. The van der Waals surface area contributed by atoms with Gasteiger partial charge < -0.3 is 15.3 Å². The number of H-pyrrole nitrogens is 1. The molecule has 9 nitrogen and oxygen atoms in total. The van der Waals surface area contributed by atoms with Gasteiger partial charge in [-0.15, -0.1) is 5.10 Å². The van der Waals surface area contributed by atoms with Crippen molar-refractivity contribution in [2.75, 3.05) is 5.73 Å². The third-order valence-electron chi connectivity index (χ3n) is 7.39. The van der Waals surface area contributed by atoms with Crippen LogP contribution in [0.2, 0.25) is 5.02 Å². The Morgan fingerprint density at radius 2 is 1.85 bits per heavy atom. The zero-order chi connectivity index (χ0) is 28.8. The lowest BCUT2D eigenvalue weighted by Gasteiger charge is -2.17. The summed E-state index contributed by atoms with van der Waals surface area (Å²) in [6.45, 7) is 0. The second-order valence-electron chi connectivity index (χ2n) is 9.89. The van der Waals surface area contributed by atoms with Gasteiger partial charge in [-0.25, -0.2) is 14.6 Å². The van der Waals surface area contributed by atoms with E-state index < -0.39 is 35.4 Å². The van der Waals surface area contributed by atoms with Crippen molar-refractivity contribution in [1.82, 2.24) is 34.5 Å². The summed E-state index contributed by atoms with van der Waals surface area (Å²) in [5.41, 5.74) is 5.10. The zero-order valence-corrected chi connectivity index (χ0v) is 21.3. The Morgan fingerprint density at radius 1 is 1.05 bits per heavy atom. The quantitative estimate of drug-likeness (QED) is 0.223. The number of nitrogen functional groups attached to an aromatic ring is 1. The predicted octanol–water partition coefficient (Wildman–Crippen LogP) is 5.12. The number of nitrogens with zero attached hydrogens (tertiary/aromatic N) is 6. The predicted molar refractivity (Wildman–Crippen MR) is 136 cm³/mol. The molecule has 1 aliphatic heterocycles. The lowest BCUT2D eigenvalue weighted by Crippen LogP contribution is -2.26. The van der Waals surface area contributed by atoms with E-state index in [9.17, 15) is 26.7 Å². The van der Waals surface area contributed by atoms with Crippen LogP contribution < -0.4 is 11.3 Å². The Bertz CT molecular complexity index is 1930. The van der Waals surface area contributed by atoms with Crippen molar-refractivity contribution < 1.29 is 22.0 Å². The van der Waals surface area contributed by atoms with Gasteiger partial charge in [-0.3, -0.25) is 4.79 Å². The van der Waals surface area contributed by atoms with Crippen molar-refractivity contribution in [2.24, 2.45) is 5.92 Å². The monoisotopic (exact) mass is 586 g/mol. The van der Waals surface area contributed by atoms with E-state index in [-0.39, 0.29) is 40.4 Å². The molecule has 1 saturated carbocycles. The van der Waals surface area contributed by atoms with Gasteiger partial charge in [-0.05, 0) is 54.3 Å². The normalized spacial score (nSPS) is 19.3. The molecule has 0 spiro atoms. The van der Waals surface area contributed by atoms with Crippen LogP contribution in [0.25, 0.3) is 28.1 Å². The van der Waals surface area contributed by atoms with Crippen molar-refractivity contribution in [1.29, 1.82) is 0 Å². The zero-order valence-electron chi connectivity index (χ0n) is 20.5. The first-order valence-corrected chi connectivity index (χ1v) is 12.6. The van der Waals surface area contributed by atoms with Crippen LogP contribution in [0, 0.1) is 17.8 Å². The SMILES string of the molecule is Nc1ccc(-c2nc([C@@H]3[C@H]4C[C@H]4c4cc(-c5cc(Cl)ccc5-n5cc(C(F)(F)F)nn5)cc(=O)n43)[nH]c2F)c(F)n1. The van der Waals surface area contributed by atoms with Gasteiger partial charge in [0.15, 0.2) is 5.69 Å². The van der Waals surface area contributed by atoms with E-state index in [0.29, 0.717) is 28.3 Å². The minimum absolute atomic E-state index is 0.0370. The third kappa shape index (κ3) is 4.08. The molecule has 1 fully saturated rings. The molecule has 2 aliphatic rings. The molecule has 41 heavy (non-hydrogen) atoms. The molecule has 1 aromatic carbocycles. The Kier molecular flexibility index (Phi) is 5.39. The molecule has 0 radical (unpaired) electrons. The van der Waals surface area contributed by atoms with Gasteiger partial charge in [-0.1, -0.05) is 16.8 Å². The molecule has 4 aromatic heterocycles. The number of fused-ring (bicyclic) bond motifs is 3. The van der Waals surface area contributed by atoms with Crippen LogP contribution in [0.4, 0.5) is 27.8 Å². The fourth-order valence-electron chi connectivity index (χ4n) is 5.52. The number of imidazole rings is 1. The molecule has 5 aromatic rings. The number of nitrogens with one attached hydrogen (secondary N) is 1. The Labute approximate surface area is 231 Å². The summed E-state index contributed by atoms with van der Waals surface area (Å²) in [5, 5.41) is 7.13. The van der Waals surface area contributed by atoms with E-state index in [1.165, 1.54) is 41.0 Å². The van der Waals surface area contributed by atoms with Crippen LogP contribution in [0.5, 0.6) is 0 Å². The van der Waals surface area contributed by atoms with Crippen LogP contribution in [-0.4, -0.2) is 34.5 Å². The van der Waals surface area contributed by atoms with Crippen molar-refractivity contribution >= 4 is 17.4 Å². The van der Waals surface area contributed by atoms with Crippen LogP contribution >= 0.6 is 11.6 Å². The average molecular weight is 587 g/mol. The molecule has 0 saturated heterocycles. The van der Waals surface area contributed by atoms with Gasteiger partial charge in [0.2, 0.25) is 11.9 Å². The number of nitrogens with two attached hydrogens (primary N) is 1. The fraction of sp³-hybridized carbons (Fsp3) is 0.192. The highest BCUT2D eigenvalue weighted by molar-refractivity contribution is 6.31. The Morgan fingerprint density at radius 3 is 2.59 bits per heavy atom. The van der Waals surface area contributed by atoms with Crippen molar-refractivity contribution in [3.05, 3.63) is 93.1 Å². The van der Waals surface area contributed by atoms with Crippen molar-refractivity contribution in [3.8, 4) is 28.1 Å². The number of anilines is 1. The Hall–Kier alpha value is -4.59. The molecule has 7 rings (SSSR count). The molecule has 3 N–H and O–H groups in total. The second kappa shape index (κ2) is 8.70. The van der Waals surface area contributed by atoms with E-state index in [2.05, 4.69) is 25.3 Å². The summed E-state index contributed by atoms with van der Waals surface area (Å²) >= 11 is 6.22. The van der Waals surface area contributed by atoms with E-state index in [4.69, 9.17) is 17.3 Å². The fourth-order valence-corrected chi connectivity index (χ4v) is 5.69. The van der Waals surface area contributed by atoms with Gasteiger partial charge in [0.05, 0.1) is 23.5 Å². The first-order valence-electron chi connectivity index (χ1n) is 12.2. The molecule has 208 valence electrons. The highest BCUT2D eigenvalue weighted by Gasteiger charge is 2.54. The van der Waals surface area contributed by atoms with Crippen molar-refractivity contribution in [2.45, 2.75) is 24.6 Å². The lowest BCUT2D eigenvalue weighted by atomic mass is 10.0. The number of benzene rings is 1. The average Bonchev–Trinajstić information content (AvgIpc) is 3.21. The maximum atomic E-state index is 14.9. The topological polar surface area (TPSA) is 120 Å². The first-order chi connectivity index (χ1) is 19.5. The van der Waals surface area contributed by atoms with Gasteiger partial charge >= 0.3 is 6.18 Å². The first kappa shape index (κ1) is 25.4. The van der Waals surface area contributed by atoms with Gasteiger partial charge in [0, 0.05) is 28.3 Å². The molecule has 0 unspecified atom stereocenters. The minimum Gasteiger partial charge on any atom is -0.384 e. The molecular weight excluding hydrogens is 571 g/mol. The third-order valence-corrected chi connectivity index (χ3v) is 7.62. The number of aromatic amines is 1. The van der Waals surface area contributed by atoms with E-state index in [1.54, 1.807) is 6.07 Å². The molecule has 15 heteroatoms. The number of hydrogen-bond acceptors (Lipinski definition) is 6. The summed E-state index contributed by atoms with van der Waals surface area (Å²) in [7, 11) is 0. The smallest absolute Gasteiger partial charge is 0.384 e.